The Morgan fingerprint density at radius 2 is 2.12 bits per heavy atom. The minimum absolute atomic E-state index is 0.679. The van der Waals surface area contributed by atoms with E-state index in [2.05, 4.69) is 41.3 Å². The van der Waals surface area contributed by atoms with Gasteiger partial charge in [0.2, 0.25) is 0 Å². The molecular weight excluding hydrogens is 311 g/mol. The van der Waals surface area contributed by atoms with Gasteiger partial charge in [-0.2, -0.15) is 0 Å². The largest absolute Gasteiger partial charge is 0.458 e. The quantitative estimate of drug-likeness (QED) is 0.559. The topological polar surface area (TPSA) is 9.23 Å². The molecular formula is C14H13IO. The number of benzene rings is 1. The zero-order chi connectivity index (χ0) is 11.4. The van der Waals surface area contributed by atoms with E-state index >= 15 is 0 Å². The molecule has 82 valence electrons. The molecule has 0 N–H and O–H groups in total. The zero-order valence-electron chi connectivity index (χ0n) is 8.95. The van der Waals surface area contributed by atoms with Gasteiger partial charge in [0.1, 0.15) is 11.5 Å². The van der Waals surface area contributed by atoms with E-state index in [4.69, 9.17) is 4.74 Å². The van der Waals surface area contributed by atoms with Crippen molar-refractivity contribution in [3.8, 4) is 5.75 Å². The van der Waals surface area contributed by atoms with Crippen molar-refractivity contribution in [1.29, 1.82) is 0 Å². The number of hydrogen-bond donors (Lipinski definition) is 0. The van der Waals surface area contributed by atoms with Gasteiger partial charge < -0.3 is 4.74 Å². The Kier molecular flexibility index (Phi) is 3.83. The summed E-state index contributed by atoms with van der Waals surface area (Å²) in [4.78, 5) is 0. The Bertz CT molecular complexity index is 458. The monoisotopic (exact) mass is 324 g/mol. The predicted octanol–water partition coefficient (Wildman–Crippen LogP) is 4.05. The first-order valence-corrected chi connectivity index (χ1v) is 6.69. The van der Waals surface area contributed by atoms with Gasteiger partial charge in [0.25, 0.3) is 0 Å². The van der Waals surface area contributed by atoms with E-state index in [-0.39, 0.29) is 0 Å². The summed E-state index contributed by atoms with van der Waals surface area (Å²) in [5.74, 6) is 1.59. The molecule has 0 saturated heterocycles. The number of rotatable bonds is 1. The third-order valence-corrected chi connectivity index (χ3v) is 3.40. The Morgan fingerprint density at radius 1 is 1.31 bits per heavy atom. The average molecular weight is 324 g/mol. The minimum Gasteiger partial charge on any atom is -0.458 e. The Labute approximate surface area is 110 Å². The van der Waals surface area contributed by atoms with Crippen molar-refractivity contribution in [3.05, 3.63) is 66.0 Å². The molecule has 1 aliphatic rings. The second-order valence-electron chi connectivity index (χ2n) is 3.67. The summed E-state index contributed by atoms with van der Waals surface area (Å²) in [7, 11) is 0. The van der Waals surface area contributed by atoms with Crippen LogP contribution < -0.4 is 4.74 Å². The van der Waals surface area contributed by atoms with Gasteiger partial charge in [0.15, 0.2) is 0 Å². The van der Waals surface area contributed by atoms with E-state index in [1.807, 2.05) is 30.4 Å². The summed E-state index contributed by atoms with van der Waals surface area (Å²) in [5.41, 5.74) is 2.61. The van der Waals surface area contributed by atoms with Crippen LogP contribution in [0.3, 0.4) is 0 Å². The first-order valence-electron chi connectivity index (χ1n) is 5.16. The number of para-hydroxylation sites is 1. The molecule has 0 atom stereocenters. The third-order valence-electron chi connectivity index (χ3n) is 2.42. The molecule has 1 aromatic carbocycles. The molecule has 2 rings (SSSR count). The normalized spacial score (nSPS) is 20.6. The highest BCUT2D eigenvalue weighted by Gasteiger charge is 2.07. The average Bonchev–Trinajstić information content (AvgIpc) is 2.36. The van der Waals surface area contributed by atoms with E-state index in [1.54, 1.807) is 0 Å². The van der Waals surface area contributed by atoms with E-state index in [0.717, 1.165) is 16.6 Å². The van der Waals surface area contributed by atoms with Crippen molar-refractivity contribution in [3.63, 3.8) is 0 Å². The van der Waals surface area contributed by atoms with Crippen LogP contribution in [-0.4, -0.2) is 4.43 Å². The maximum absolute atomic E-state index is 5.69. The summed E-state index contributed by atoms with van der Waals surface area (Å²) in [6.45, 7) is 3.87. The van der Waals surface area contributed by atoms with Crippen LogP contribution in [-0.2, 0) is 6.42 Å². The maximum atomic E-state index is 5.69. The van der Waals surface area contributed by atoms with Crippen LogP contribution in [0.5, 0.6) is 5.75 Å². The fourth-order valence-electron chi connectivity index (χ4n) is 1.61. The first kappa shape index (κ1) is 11.5. The van der Waals surface area contributed by atoms with E-state index in [9.17, 15) is 0 Å². The summed E-state index contributed by atoms with van der Waals surface area (Å²) >= 11 is 2.39. The van der Waals surface area contributed by atoms with Crippen LogP contribution in [0.15, 0.2) is 60.4 Å². The minimum atomic E-state index is 0.679. The van der Waals surface area contributed by atoms with Crippen molar-refractivity contribution in [2.45, 2.75) is 6.42 Å². The molecule has 0 amide bonds. The van der Waals surface area contributed by atoms with Crippen LogP contribution in [0.2, 0.25) is 0 Å². The molecule has 1 nitrogen and oxygen atoms in total. The lowest BCUT2D eigenvalue weighted by Crippen LogP contribution is -1.96. The molecule has 0 fully saturated rings. The lowest BCUT2D eigenvalue weighted by molar-refractivity contribution is 0.442. The van der Waals surface area contributed by atoms with Crippen LogP contribution in [0.25, 0.3) is 0 Å². The molecule has 0 unspecified atom stereocenters. The lowest BCUT2D eigenvalue weighted by Gasteiger charge is -2.10. The summed E-state index contributed by atoms with van der Waals surface area (Å²) in [6, 6.07) is 8.13. The SMILES string of the molecule is C=C1/C=C\C=C(\CI)Cc2ccccc2O1. The van der Waals surface area contributed by atoms with Crippen molar-refractivity contribution in [2.75, 3.05) is 4.43 Å². The van der Waals surface area contributed by atoms with E-state index in [1.165, 1.54) is 11.1 Å². The van der Waals surface area contributed by atoms with Gasteiger partial charge in [-0.05, 0) is 24.1 Å². The fourth-order valence-corrected chi connectivity index (χ4v) is 2.14. The standard InChI is InChI=1S/C14H13IO/c1-11-5-4-6-12(10-15)9-13-7-2-3-8-14(13)16-11/h2-8H,1,9-10H2/b5-4-,12-6+. The molecule has 1 heterocycles. The van der Waals surface area contributed by atoms with Gasteiger partial charge in [0, 0.05) is 4.43 Å². The van der Waals surface area contributed by atoms with Crippen LogP contribution >= 0.6 is 22.6 Å². The highest BCUT2D eigenvalue weighted by molar-refractivity contribution is 14.1. The molecule has 0 bridgehead atoms. The van der Waals surface area contributed by atoms with Crippen LogP contribution in [0.1, 0.15) is 5.56 Å². The molecule has 0 radical (unpaired) electrons. The molecule has 0 spiro atoms. The molecule has 0 aliphatic carbocycles. The van der Waals surface area contributed by atoms with Crippen molar-refractivity contribution >= 4 is 22.6 Å². The number of halogens is 1. The van der Waals surface area contributed by atoms with Gasteiger partial charge in [-0.3, -0.25) is 0 Å². The third kappa shape index (κ3) is 2.76. The molecule has 0 saturated carbocycles. The smallest absolute Gasteiger partial charge is 0.130 e. The van der Waals surface area contributed by atoms with Crippen molar-refractivity contribution < 1.29 is 4.74 Å². The summed E-state index contributed by atoms with van der Waals surface area (Å²) in [6.07, 6.45) is 6.98. The highest BCUT2D eigenvalue weighted by atomic mass is 127. The Balaban J connectivity index is 2.41. The van der Waals surface area contributed by atoms with Crippen molar-refractivity contribution in [2.24, 2.45) is 0 Å². The fraction of sp³-hybridized carbons (Fsp3) is 0.143. The Morgan fingerprint density at radius 3 is 2.94 bits per heavy atom. The van der Waals surface area contributed by atoms with Crippen LogP contribution in [0, 0.1) is 0 Å². The van der Waals surface area contributed by atoms with Crippen LogP contribution in [0.4, 0.5) is 0 Å². The number of fused-ring (bicyclic) bond motifs is 1. The number of allylic oxidation sites excluding steroid dienone is 4. The summed E-state index contributed by atoms with van der Waals surface area (Å²) in [5, 5.41) is 0. The second kappa shape index (κ2) is 5.34. The second-order valence-corrected chi connectivity index (χ2v) is 4.43. The highest BCUT2D eigenvalue weighted by Crippen LogP contribution is 2.25. The first-order chi connectivity index (χ1) is 7.79. The van der Waals surface area contributed by atoms with E-state index < -0.39 is 0 Å². The van der Waals surface area contributed by atoms with Gasteiger partial charge in [0.05, 0.1) is 0 Å². The molecule has 0 aromatic heterocycles. The zero-order valence-corrected chi connectivity index (χ0v) is 11.1. The number of alkyl halides is 1. The van der Waals surface area contributed by atoms with Gasteiger partial charge in [-0.1, -0.05) is 65.1 Å². The van der Waals surface area contributed by atoms with Gasteiger partial charge >= 0.3 is 0 Å². The van der Waals surface area contributed by atoms with E-state index in [0.29, 0.717) is 5.76 Å². The van der Waals surface area contributed by atoms with Crippen molar-refractivity contribution in [1.82, 2.24) is 0 Å². The van der Waals surface area contributed by atoms with Gasteiger partial charge in [-0.15, -0.1) is 0 Å². The summed E-state index contributed by atoms with van der Waals surface area (Å²) < 4.78 is 6.72. The van der Waals surface area contributed by atoms with Gasteiger partial charge in [-0.25, -0.2) is 0 Å². The molecule has 1 aliphatic heterocycles. The number of ether oxygens (including phenoxy) is 1. The Hall–Kier alpha value is -1.03. The predicted molar refractivity (Wildman–Crippen MR) is 76.0 cm³/mol. The number of hydrogen-bond acceptors (Lipinski definition) is 1. The molecule has 1 aromatic rings. The molecule has 2 heteroatoms. The molecule has 16 heavy (non-hydrogen) atoms. The maximum Gasteiger partial charge on any atom is 0.130 e. The lowest BCUT2D eigenvalue weighted by atomic mass is 10.1.